The molecule has 0 saturated heterocycles. The van der Waals surface area contributed by atoms with Gasteiger partial charge in [-0.15, -0.1) is 0 Å². The van der Waals surface area contributed by atoms with Gasteiger partial charge in [0.1, 0.15) is 6.10 Å². The van der Waals surface area contributed by atoms with Crippen LogP contribution in [-0.2, 0) is 9.53 Å². The zero-order valence-corrected chi connectivity index (χ0v) is 14.1. The van der Waals surface area contributed by atoms with Gasteiger partial charge < -0.3 is 14.9 Å². The van der Waals surface area contributed by atoms with Crippen molar-refractivity contribution in [1.82, 2.24) is 0 Å². The Bertz CT molecular complexity index is 850. The molecule has 4 heteroatoms. The second kappa shape index (κ2) is 6.85. The highest BCUT2D eigenvalue weighted by Gasteiger charge is 2.39. The van der Waals surface area contributed by atoms with Gasteiger partial charge in [-0.2, -0.15) is 0 Å². The minimum Gasteiger partial charge on any atom is -0.504 e. The summed E-state index contributed by atoms with van der Waals surface area (Å²) in [4.78, 5) is 13.0. The van der Waals surface area contributed by atoms with Gasteiger partial charge in [-0.3, -0.25) is 4.79 Å². The van der Waals surface area contributed by atoms with Crippen molar-refractivity contribution in [2.75, 3.05) is 0 Å². The van der Waals surface area contributed by atoms with Gasteiger partial charge in [-0.1, -0.05) is 56.3 Å². The molecule has 1 aliphatic heterocycles. The molecular weight excluding hydrogens is 316 g/mol. The standard InChI is InChI=1S/C19H14O4.C2H6/c20-15-8-6-12-13(18(15)21)7-9-16-17(12)19(22)14(10-23-16)11-4-2-1-3-5-11;1-2/h1-10,16-17,20-21H;1-2H3. The van der Waals surface area contributed by atoms with Crippen molar-refractivity contribution >= 4 is 17.4 Å². The van der Waals surface area contributed by atoms with Crippen LogP contribution in [0.3, 0.4) is 0 Å². The van der Waals surface area contributed by atoms with Crippen LogP contribution in [0, 0.1) is 0 Å². The molecule has 0 fully saturated rings. The lowest BCUT2D eigenvalue weighted by Crippen LogP contribution is -2.33. The summed E-state index contributed by atoms with van der Waals surface area (Å²) in [5.74, 6) is -0.986. The lowest BCUT2D eigenvalue weighted by atomic mass is 9.77. The average Bonchev–Trinajstić information content (AvgIpc) is 2.67. The molecule has 2 aliphatic rings. The van der Waals surface area contributed by atoms with Gasteiger partial charge in [-0.05, 0) is 23.3 Å². The Labute approximate surface area is 146 Å². The molecule has 4 nitrogen and oxygen atoms in total. The minimum atomic E-state index is -0.526. The number of ketones is 1. The third kappa shape index (κ3) is 2.80. The van der Waals surface area contributed by atoms with Crippen molar-refractivity contribution in [3.63, 3.8) is 0 Å². The summed E-state index contributed by atoms with van der Waals surface area (Å²) in [7, 11) is 0. The molecule has 0 aromatic heterocycles. The van der Waals surface area contributed by atoms with Crippen LogP contribution in [0.1, 0.15) is 36.5 Å². The molecule has 25 heavy (non-hydrogen) atoms. The van der Waals surface area contributed by atoms with Crippen molar-refractivity contribution < 1.29 is 19.7 Å². The maximum Gasteiger partial charge on any atom is 0.178 e. The van der Waals surface area contributed by atoms with Gasteiger partial charge in [0.15, 0.2) is 17.3 Å². The largest absolute Gasteiger partial charge is 0.504 e. The highest BCUT2D eigenvalue weighted by atomic mass is 16.5. The number of hydrogen-bond acceptors (Lipinski definition) is 4. The Morgan fingerprint density at radius 3 is 2.44 bits per heavy atom. The van der Waals surface area contributed by atoms with Crippen LogP contribution in [0.4, 0.5) is 0 Å². The molecule has 2 atom stereocenters. The summed E-state index contributed by atoms with van der Waals surface area (Å²) in [5.41, 5.74) is 2.45. The normalized spacial score (nSPS) is 20.4. The van der Waals surface area contributed by atoms with E-state index in [0.717, 1.165) is 5.56 Å². The molecule has 2 aromatic carbocycles. The predicted molar refractivity (Wildman–Crippen MR) is 97.2 cm³/mol. The molecule has 0 bridgehead atoms. The van der Waals surface area contributed by atoms with E-state index in [-0.39, 0.29) is 17.3 Å². The predicted octanol–water partition coefficient (Wildman–Crippen LogP) is 4.24. The topological polar surface area (TPSA) is 66.8 Å². The third-order valence-corrected chi connectivity index (χ3v) is 4.32. The van der Waals surface area contributed by atoms with Crippen molar-refractivity contribution in [3.8, 4) is 11.5 Å². The van der Waals surface area contributed by atoms with Gasteiger partial charge in [0, 0.05) is 5.56 Å². The highest BCUT2D eigenvalue weighted by Crippen LogP contribution is 2.44. The number of Topliss-reactive ketones (excluding diaryl/α,β-unsaturated/α-hetero) is 1. The van der Waals surface area contributed by atoms with Crippen LogP contribution >= 0.6 is 0 Å². The lowest BCUT2D eigenvalue weighted by Gasteiger charge is -2.32. The van der Waals surface area contributed by atoms with E-state index in [4.69, 9.17) is 4.74 Å². The maximum atomic E-state index is 13.0. The fraction of sp³-hybridized carbons (Fsp3) is 0.190. The molecule has 0 amide bonds. The molecular formula is C21H20O4. The fourth-order valence-electron chi connectivity index (χ4n) is 3.15. The van der Waals surface area contributed by atoms with Crippen molar-refractivity contribution in [1.29, 1.82) is 0 Å². The van der Waals surface area contributed by atoms with Gasteiger partial charge in [-0.25, -0.2) is 0 Å². The molecule has 2 aromatic rings. The fourth-order valence-corrected chi connectivity index (χ4v) is 3.15. The van der Waals surface area contributed by atoms with Crippen molar-refractivity contribution in [2.24, 2.45) is 0 Å². The highest BCUT2D eigenvalue weighted by molar-refractivity contribution is 6.24. The Balaban J connectivity index is 0.000000880. The van der Waals surface area contributed by atoms with Crippen molar-refractivity contribution in [2.45, 2.75) is 25.9 Å². The summed E-state index contributed by atoms with van der Waals surface area (Å²) < 4.78 is 5.73. The molecule has 128 valence electrons. The molecule has 2 unspecified atom stereocenters. The number of carbonyl (C=O) groups excluding carboxylic acids is 1. The quantitative estimate of drug-likeness (QED) is 0.764. The molecule has 0 saturated carbocycles. The Hall–Kier alpha value is -3.01. The molecule has 0 radical (unpaired) electrons. The number of fused-ring (bicyclic) bond motifs is 3. The van der Waals surface area contributed by atoms with Crippen molar-refractivity contribution in [3.05, 3.63) is 71.5 Å². The van der Waals surface area contributed by atoms with E-state index in [1.165, 1.54) is 12.3 Å². The first-order valence-corrected chi connectivity index (χ1v) is 8.35. The monoisotopic (exact) mass is 336 g/mol. The maximum absolute atomic E-state index is 13.0. The number of phenols is 2. The summed E-state index contributed by atoms with van der Waals surface area (Å²) in [6, 6.07) is 12.4. The van der Waals surface area contributed by atoms with Crippen LogP contribution in [-0.4, -0.2) is 22.1 Å². The minimum absolute atomic E-state index is 0.0526. The molecule has 4 rings (SSSR count). The number of benzene rings is 2. The average molecular weight is 336 g/mol. The third-order valence-electron chi connectivity index (χ3n) is 4.32. The van der Waals surface area contributed by atoms with Crippen LogP contribution < -0.4 is 0 Å². The first kappa shape index (κ1) is 16.8. The van der Waals surface area contributed by atoms with Crippen LogP contribution in [0.2, 0.25) is 0 Å². The van der Waals surface area contributed by atoms with Gasteiger partial charge in [0.25, 0.3) is 0 Å². The van der Waals surface area contributed by atoms with E-state index in [9.17, 15) is 15.0 Å². The van der Waals surface area contributed by atoms with Crippen LogP contribution in [0.5, 0.6) is 11.5 Å². The number of ether oxygens (including phenoxy) is 1. The van der Waals surface area contributed by atoms with Gasteiger partial charge >= 0.3 is 0 Å². The number of phenolic OH excluding ortho intramolecular Hbond substituents is 2. The van der Waals surface area contributed by atoms with E-state index in [1.807, 2.05) is 44.2 Å². The SMILES string of the molecule is CC.O=C1C(c2ccccc2)=COC2C=Cc3c(ccc(O)c3O)C12. The number of rotatable bonds is 1. The van der Waals surface area contributed by atoms with Crippen LogP contribution in [0.15, 0.2) is 54.8 Å². The summed E-state index contributed by atoms with van der Waals surface area (Å²) in [6.45, 7) is 4.00. The Kier molecular flexibility index (Phi) is 4.61. The molecule has 2 N–H and O–H groups in total. The first-order chi connectivity index (χ1) is 12.2. The second-order valence-corrected chi connectivity index (χ2v) is 5.64. The number of carbonyl (C=O) groups is 1. The Morgan fingerprint density at radius 1 is 1.00 bits per heavy atom. The summed E-state index contributed by atoms with van der Waals surface area (Å²) in [6.07, 6.45) is 4.53. The number of hydrogen-bond donors (Lipinski definition) is 2. The molecule has 1 heterocycles. The van der Waals surface area contributed by atoms with Gasteiger partial charge in [0.05, 0.1) is 17.8 Å². The summed E-state index contributed by atoms with van der Waals surface area (Å²) in [5, 5.41) is 19.7. The zero-order chi connectivity index (χ0) is 18.0. The van der Waals surface area contributed by atoms with Gasteiger partial charge in [0.2, 0.25) is 0 Å². The van der Waals surface area contributed by atoms with E-state index < -0.39 is 12.0 Å². The number of aromatic hydroxyl groups is 2. The van der Waals surface area contributed by atoms with E-state index in [1.54, 1.807) is 18.2 Å². The zero-order valence-electron chi connectivity index (χ0n) is 14.1. The lowest BCUT2D eigenvalue weighted by molar-refractivity contribution is -0.118. The molecule has 1 aliphatic carbocycles. The second-order valence-electron chi connectivity index (χ2n) is 5.64. The summed E-state index contributed by atoms with van der Waals surface area (Å²) >= 11 is 0. The van der Waals surface area contributed by atoms with Crippen LogP contribution in [0.25, 0.3) is 11.6 Å². The number of allylic oxidation sites excluding steroid dienone is 1. The molecule has 0 spiro atoms. The Morgan fingerprint density at radius 2 is 1.72 bits per heavy atom. The smallest absolute Gasteiger partial charge is 0.178 e. The van der Waals surface area contributed by atoms with E-state index >= 15 is 0 Å². The van der Waals surface area contributed by atoms with E-state index in [2.05, 4.69) is 0 Å². The van der Waals surface area contributed by atoms with E-state index in [0.29, 0.717) is 16.7 Å². The first-order valence-electron chi connectivity index (χ1n) is 8.35.